The molecule has 10 atom stereocenters. The van der Waals surface area contributed by atoms with Gasteiger partial charge in [0.25, 0.3) is 0 Å². The summed E-state index contributed by atoms with van der Waals surface area (Å²) in [4.78, 5) is 0. The van der Waals surface area contributed by atoms with Crippen LogP contribution in [0.1, 0.15) is 183 Å². The van der Waals surface area contributed by atoms with Crippen molar-refractivity contribution in [2.24, 2.45) is 68.0 Å². The van der Waals surface area contributed by atoms with Gasteiger partial charge in [-0.2, -0.15) is 0 Å². The van der Waals surface area contributed by atoms with Gasteiger partial charge < -0.3 is 41.3 Å². The Morgan fingerprint density at radius 2 is 0.812 bits per heavy atom. The van der Waals surface area contributed by atoms with Gasteiger partial charge in [0.1, 0.15) is 34.5 Å². The van der Waals surface area contributed by atoms with Gasteiger partial charge >= 0.3 is 49.6 Å². The average Bonchev–Trinajstić information content (AvgIpc) is 1.51. The van der Waals surface area contributed by atoms with Gasteiger partial charge in [0.15, 0.2) is 0 Å². The van der Waals surface area contributed by atoms with Crippen molar-refractivity contribution in [1.29, 1.82) is 0 Å². The first-order valence-electron chi connectivity index (χ1n) is 30.4. The second kappa shape index (κ2) is 32.6. The predicted octanol–water partition coefficient (Wildman–Crippen LogP) is 21.7. The number of aryl methyl sites for hydroxylation is 3. The summed E-state index contributed by atoms with van der Waals surface area (Å²) in [7, 11) is 23.5. The maximum Gasteiger partial charge on any atom is 0 e. The van der Waals surface area contributed by atoms with Crippen LogP contribution in [-0.4, -0.2) is 69.1 Å². The smallest absolute Gasteiger partial charge is 0 e. The molecule has 7 nitrogen and oxygen atoms in total. The molecule has 6 aliphatic carbocycles. The van der Waals surface area contributed by atoms with Gasteiger partial charge in [-0.15, -0.1) is 23.2 Å². The zero-order valence-electron chi connectivity index (χ0n) is 54.9. The van der Waals surface area contributed by atoms with Crippen LogP contribution in [0.4, 0.5) is 0 Å². The number of halogens is 6. The maximum absolute atomic E-state index is 11.2. The molecule has 0 saturated heterocycles. The number of alkyl halides is 2. The summed E-state index contributed by atoms with van der Waals surface area (Å²) in [5, 5.41) is 21.2. The number of ether oxygens (including phenoxy) is 5. The fourth-order valence-corrected chi connectivity index (χ4v) is 17.1. The van der Waals surface area contributed by atoms with E-state index in [4.69, 9.17) is 82.6 Å². The number of rotatable bonds is 11. The first-order chi connectivity index (χ1) is 38.5. The molecule has 0 aliphatic heterocycles. The van der Waals surface area contributed by atoms with Crippen molar-refractivity contribution >= 4 is 72.8 Å². The van der Waals surface area contributed by atoms with Gasteiger partial charge in [0.05, 0.1) is 45.0 Å². The van der Waals surface area contributed by atoms with Crippen LogP contribution in [0.15, 0.2) is 77.9 Å². The van der Waals surface area contributed by atoms with Crippen LogP contribution in [0.3, 0.4) is 0 Å². The SMILES string of the molecule is CC1=CC[C@H]2C(C)(C)CCC[C@]2(C)[C@H]1COc1cc(C)cc(O)c1.COc1cc(C)cc(OC[C@@H]2[C@@]3(C)CCCC(C)(C)[C@@H]3CC[C@@]2(C)O)c1.COc1cc(C)cc(OC[C@H]2C(C)=CC[C@H]3C(C)(C)CCC[C@]23C)c1.ClCCl.[CH3-].[Cl][Sn]([Cl])([Cl])[Cl].[W]. The van der Waals surface area contributed by atoms with Crippen molar-refractivity contribution in [2.45, 2.75) is 193 Å². The van der Waals surface area contributed by atoms with Crippen LogP contribution in [0.5, 0.6) is 34.5 Å². The number of hydrogen-bond acceptors (Lipinski definition) is 7. The Kier molecular flexibility index (Phi) is 30.1. The zero-order chi connectivity index (χ0) is 62.1. The summed E-state index contributed by atoms with van der Waals surface area (Å²) in [5.74, 6) is 7.71. The van der Waals surface area contributed by atoms with Crippen LogP contribution in [0, 0.1) is 96.2 Å². The minimum Gasteiger partial charge on any atom is 0 e. The van der Waals surface area contributed by atoms with E-state index in [0.29, 0.717) is 58.0 Å². The Labute approximate surface area is 559 Å². The van der Waals surface area contributed by atoms with Crippen molar-refractivity contribution < 1.29 is 55.0 Å². The van der Waals surface area contributed by atoms with Crippen molar-refractivity contribution in [3.8, 4) is 34.5 Å². The summed E-state index contributed by atoms with van der Waals surface area (Å²) >= 11 is 6.24. The Morgan fingerprint density at radius 1 is 0.482 bits per heavy atom. The van der Waals surface area contributed by atoms with E-state index in [1.807, 2.05) is 57.2 Å². The predicted molar refractivity (Wildman–Crippen MR) is 362 cm³/mol. The van der Waals surface area contributed by atoms with Gasteiger partial charge in [0, 0.05) is 57.0 Å². The summed E-state index contributed by atoms with van der Waals surface area (Å²) in [6, 6.07) is 17.6. The number of hydrogen-bond donors (Lipinski definition) is 2. The second-order valence-electron chi connectivity index (χ2n) is 28.5. The van der Waals surface area contributed by atoms with E-state index < -0.39 is 19.5 Å². The van der Waals surface area contributed by atoms with Gasteiger partial charge in [0.2, 0.25) is 0 Å². The van der Waals surface area contributed by atoms with Crippen LogP contribution in [0.2, 0.25) is 0 Å². The van der Waals surface area contributed by atoms with Crippen molar-refractivity contribution in [1.82, 2.24) is 0 Å². The molecule has 0 radical (unpaired) electrons. The quantitative estimate of drug-likeness (QED) is 0.0856. The standard InChI is InChI=1S/C23H36O3.C23H34O2.C22H32O2.CH2Cl2.CH3.4ClH.Sn.W/c1-16-12-17(25-6)14-18(13-16)26-15-20-22(4)10-7-9-21(2,3)19(22)8-11-23(20,5)24;1-16-12-18(24-6)14-19(13-16)25-15-20-17(2)8-9-21-22(3,4)10-7-11-23(20,21)5;1-15-11-17(23)13-18(12-15)24-14-19-16(2)7-8-20-21(3,4)9-6-10-22(19,20)5;2-1-3;;;;;;;/h12-14,19-20,24H,7-11,15H2,1-6H3;8,12-14,20-21H,7,9-11,15H2,1-6H3;7,11-13,19-20,23H,6,8-10,14H2,1-5H3;1H2;1H3;4*1H;;/q;;;;-1;;;;;+4;/p-4/t19-,20+,22-,23+;20-,21-,23+;19-,20-,22+;;;;;;;;/m000......../s1. The first-order valence-corrected chi connectivity index (χ1v) is 45.9. The van der Waals surface area contributed by atoms with Crippen molar-refractivity contribution in [2.75, 3.05) is 39.4 Å². The third-order valence-corrected chi connectivity index (χ3v) is 21.2. The first kappa shape index (κ1) is 78.4. The minimum absolute atomic E-state index is 0. The van der Waals surface area contributed by atoms with Gasteiger partial charge in [-0.25, -0.2) is 0 Å². The molecule has 0 heterocycles. The van der Waals surface area contributed by atoms with Gasteiger partial charge in [-0.3, -0.25) is 0 Å². The molecule has 4 fully saturated rings. The molecule has 482 valence electrons. The molecule has 15 heteroatoms. The van der Waals surface area contributed by atoms with E-state index in [9.17, 15) is 10.2 Å². The summed E-state index contributed by atoms with van der Waals surface area (Å²) in [6.07, 6.45) is 21.0. The molecule has 85 heavy (non-hydrogen) atoms. The molecule has 4 saturated carbocycles. The molecule has 0 unspecified atom stereocenters. The maximum atomic E-state index is 11.2. The molecule has 0 spiro atoms. The van der Waals surface area contributed by atoms with E-state index in [1.54, 1.807) is 26.4 Å². The van der Waals surface area contributed by atoms with Crippen molar-refractivity contribution in [3.63, 3.8) is 0 Å². The number of phenols is 1. The van der Waals surface area contributed by atoms with Crippen LogP contribution >= 0.6 is 58.9 Å². The normalized spacial score (nSPS) is 30.2. The third kappa shape index (κ3) is 20.8. The Balaban J connectivity index is 0.000000310. The number of methoxy groups -OCH3 is 2. The Bertz CT molecular complexity index is 2630. The third-order valence-electron chi connectivity index (χ3n) is 21.2. The van der Waals surface area contributed by atoms with Crippen LogP contribution in [0.25, 0.3) is 0 Å². The number of phenolic OH excluding ortho intramolecular Hbond substituents is 1. The van der Waals surface area contributed by atoms with Gasteiger partial charge in [-0.05, 0) is 209 Å². The Morgan fingerprint density at radius 3 is 1.19 bits per heavy atom. The fourth-order valence-electron chi connectivity index (χ4n) is 17.1. The monoisotopic (exact) mass is 1570 g/mol. The van der Waals surface area contributed by atoms with E-state index in [-0.39, 0.29) is 50.9 Å². The molecule has 2 N–H and O–H groups in total. The topological polar surface area (TPSA) is 86.6 Å². The molecule has 6 aliphatic rings. The van der Waals surface area contributed by atoms with E-state index >= 15 is 0 Å². The molecule has 9 rings (SSSR count). The largest absolute Gasteiger partial charge is 0 e. The van der Waals surface area contributed by atoms with E-state index in [0.717, 1.165) is 71.2 Å². The number of benzene rings is 3. The summed E-state index contributed by atoms with van der Waals surface area (Å²) in [5.41, 5.74) is 7.59. The molecule has 0 amide bonds. The van der Waals surface area contributed by atoms with Crippen molar-refractivity contribution in [3.05, 3.63) is 102 Å². The van der Waals surface area contributed by atoms with Crippen LogP contribution in [-0.2, 0) is 21.1 Å². The zero-order valence-corrected chi connectivity index (χ0v) is 65.3. The molecule has 0 bridgehead atoms. The number of aliphatic hydroxyl groups is 1. The average molecular weight is 1580 g/mol. The molecule has 3 aromatic rings. The summed E-state index contributed by atoms with van der Waals surface area (Å²) < 4.78 is 29.5. The summed E-state index contributed by atoms with van der Waals surface area (Å²) in [6.45, 7) is 36.8. The number of fused-ring (bicyclic) bond motifs is 3. The van der Waals surface area contributed by atoms with Crippen LogP contribution < -0.4 is 23.7 Å². The van der Waals surface area contributed by atoms with Gasteiger partial charge in [-0.1, -0.05) is 105 Å². The fraction of sp³-hybridized carbons (Fsp3) is 0.671. The van der Waals surface area contributed by atoms with E-state index in [1.165, 1.54) is 87.3 Å². The molecule has 0 aromatic heterocycles. The molecule has 3 aromatic carbocycles. The Hall–Kier alpha value is -0.873. The molecular formula is C70H107Cl6O7SnW-. The minimum atomic E-state index is -3.29. The number of allylic oxidation sites excluding steroid dienone is 2. The number of aromatic hydroxyl groups is 1. The second-order valence-corrected chi connectivity index (χ2v) is 54.7. The van der Waals surface area contributed by atoms with E-state index in [2.05, 4.69) is 101 Å². The molecular weight excluding hydrogens is 1470 g/mol.